The summed E-state index contributed by atoms with van der Waals surface area (Å²) in [5, 5.41) is 3.22. The third kappa shape index (κ3) is 5.13. The summed E-state index contributed by atoms with van der Waals surface area (Å²) in [6.07, 6.45) is 0. The molecule has 2 aromatic carbocycles. The van der Waals surface area contributed by atoms with Crippen LogP contribution in [-0.4, -0.2) is 20.3 Å². The zero-order chi connectivity index (χ0) is 15.1. The van der Waals surface area contributed by atoms with Gasteiger partial charge in [-0.25, -0.2) is 8.78 Å². The predicted molar refractivity (Wildman–Crippen MR) is 76.5 cm³/mol. The lowest BCUT2D eigenvalue weighted by molar-refractivity contribution is 0.199. The van der Waals surface area contributed by atoms with Crippen molar-refractivity contribution >= 4 is 0 Å². The molecule has 2 rings (SSSR count). The van der Waals surface area contributed by atoms with Crippen LogP contribution in [0, 0.1) is 11.6 Å². The molecule has 0 saturated heterocycles. The average molecular weight is 293 g/mol. The number of rotatable bonds is 7. The quantitative estimate of drug-likeness (QED) is 0.793. The molecular formula is C16H17F2NO2. The van der Waals surface area contributed by atoms with Crippen molar-refractivity contribution in [3.05, 3.63) is 59.7 Å². The highest BCUT2D eigenvalue weighted by Crippen LogP contribution is 2.23. The van der Waals surface area contributed by atoms with Crippen LogP contribution in [0.25, 0.3) is 0 Å². The fourth-order valence-corrected chi connectivity index (χ4v) is 1.81. The number of benzene rings is 2. The molecule has 112 valence electrons. The maximum Gasteiger partial charge on any atom is 0.133 e. The lowest BCUT2D eigenvalue weighted by Gasteiger charge is -2.08. The number of halogens is 2. The first-order chi connectivity index (χ1) is 10.2. The SMILES string of the molecule is COCCNCc1ccc(Oc2cc(F)cc(F)c2)cc1. The first kappa shape index (κ1) is 15.4. The molecule has 5 heteroatoms. The van der Waals surface area contributed by atoms with Crippen LogP contribution in [0.15, 0.2) is 42.5 Å². The zero-order valence-corrected chi connectivity index (χ0v) is 11.7. The fraction of sp³-hybridized carbons (Fsp3) is 0.250. The molecule has 3 nitrogen and oxygen atoms in total. The van der Waals surface area contributed by atoms with Crippen molar-refractivity contribution in [2.45, 2.75) is 6.54 Å². The topological polar surface area (TPSA) is 30.5 Å². The van der Waals surface area contributed by atoms with Gasteiger partial charge in [-0.05, 0) is 17.7 Å². The van der Waals surface area contributed by atoms with E-state index in [1.54, 1.807) is 19.2 Å². The fourth-order valence-electron chi connectivity index (χ4n) is 1.81. The molecule has 0 bridgehead atoms. The van der Waals surface area contributed by atoms with Crippen LogP contribution >= 0.6 is 0 Å². The van der Waals surface area contributed by atoms with Crippen molar-refractivity contribution in [1.29, 1.82) is 0 Å². The molecule has 0 unspecified atom stereocenters. The molecule has 0 saturated carbocycles. The monoisotopic (exact) mass is 293 g/mol. The van der Waals surface area contributed by atoms with Gasteiger partial charge in [0.15, 0.2) is 0 Å². The van der Waals surface area contributed by atoms with E-state index in [0.717, 1.165) is 36.9 Å². The Morgan fingerprint density at radius 1 is 0.952 bits per heavy atom. The Hall–Kier alpha value is -1.98. The number of ether oxygens (including phenoxy) is 2. The van der Waals surface area contributed by atoms with Gasteiger partial charge in [-0.15, -0.1) is 0 Å². The third-order valence-corrected chi connectivity index (χ3v) is 2.81. The highest BCUT2D eigenvalue weighted by Gasteiger charge is 2.03. The molecule has 0 spiro atoms. The van der Waals surface area contributed by atoms with E-state index in [2.05, 4.69) is 5.32 Å². The maximum absolute atomic E-state index is 13.1. The summed E-state index contributed by atoms with van der Waals surface area (Å²) in [5.74, 6) is -0.660. The van der Waals surface area contributed by atoms with E-state index in [-0.39, 0.29) is 5.75 Å². The number of hydrogen-bond donors (Lipinski definition) is 1. The molecule has 2 aromatic rings. The number of nitrogens with one attached hydrogen (secondary N) is 1. The summed E-state index contributed by atoms with van der Waals surface area (Å²) >= 11 is 0. The molecule has 0 aliphatic heterocycles. The second-order valence-electron chi connectivity index (χ2n) is 4.52. The standard InChI is InChI=1S/C16H17F2NO2/c1-20-7-6-19-11-12-2-4-15(5-3-12)21-16-9-13(17)8-14(18)10-16/h2-5,8-10,19H,6-7,11H2,1H3. The smallest absolute Gasteiger partial charge is 0.133 e. The van der Waals surface area contributed by atoms with Gasteiger partial charge in [-0.3, -0.25) is 0 Å². The Morgan fingerprint density at radius 2 is 1.62 bits per heavy atom. The molecule has 0 aliphatic rings. The lowest BCUT2D eigenvalue weighted by atomic mass is 10.2. The van der Waals surface area contributed by atoms with Crippen LogP contribution in [0.1, 0.15) is 5.56 Å². The molecule has 0 radical (unpaired) electrons. The van der Waals surface area contributed by atoms with E-state index >= 15 is 0 Å². The summed E-state index contributed by atoms with van der Waals surface area (Å²) < 4.78 is 36.5. The molecule has 1 N–H and O–H groups in total. The van der Waals surface area contributed by atoms with E-state index in [1.807, 2.05) is 12.1 Å². The summed E-state index contributed by atoms with van der Waals surface area (Å²) in [4.78, 5) is 0. The first-order valence-electron chi connectivity index (χ1n) is 6.60. The largest absolute Gasteiger partial charge is 0.457 e. The van der Waals surface area contributed by atoms with Gasteiger partial charge >= 0.3 is 0 Å². The molecule has 0 heterocycles. The van der Waals surface area contributed by atoms with Gasteiger partial charge in [0.25, 0.3) is 0 Å². The Labute approximate surface area is 122 Å². The van der Waals surface area contributed by atoms with Gasteiger partial charge in [0.05, 0.1) is 6.61 Å². The number of methoxy groups -OCH3 is 1. The van der Waals surface area contributed by atoms with Crippen molar-refractivity contribution in [3.63, 3.8) is 0 Å². The summed E-state index contributed by atoms with van der Waals surface area (Å²) in [5.41, 5.74) is 1.09. The molecule has 21 heavy (non-hydrogen) atoms. The minimum atomic E-state index is -0.663. The van der Waals surface area contributed by atoms with E-state index in [1.165, 1.54) is 0 Å². The molecule has 0 fully saturated rings. The van der Waals surface area contributed by atoms with Crippen molar-refractivity contribution < 1.29 is 18.3 Å². The Kier molecular flexibility index (Phi) is 5.66. The minimum absolute atomic E-state index is 0.137. The number of hydrogen-bond acceptors (Lipinski definition) is 3. The van der Waals surface area contributed by atoms with E-state index in [4.69, 9.17) is 9.47 Å². The predicted octanol–water partition coefficient (Wildman–Crippen LogP) is 3.49. The van der Waals surface area contributed by atoms with Gasteiger partial charge in [0, 0.05) is 38.4 Å². The van der Waals surface area contributed by atoms with Crippen LogP contribution in [0.2, 0.25) is 0 Å². The zero-order valence-electron chi connectivity index (χ0n) is 11.7. The molecule has 0 amide bonds. The summed E-state index contributed by atoms with van der Waals surface area (Å²) in [6, 6.07) is 10.4. The first-order valence-corrected chi connectivity index (χ1v) is 6.60. The summed E-state index contributed by atoms with van der Waals surface area (Å²) in [7, 11) is 1.66. The van der Waals surface area contributed by atoms with Crippen molar-refractivity contribution in [1.82, 2.24) is 5.32 Å². The molecule has 0 atom stereocenters. The van der Waals surface area contributed by atoms with Crippen LogP contribution in [0.3, 0.4) is 0 Å². The van der Waals surface area contributed by atoms with Crippen molar-refractivity contribution in [3.8, 4) is 11.5 Å². The lowest BCUT2D eigenvalue weighted by Crippen LogP contribution is -2.18. The van der Waals surface area contributed by atoms with Gasteiger partial charge in [0.2, 0.25) is 0 Å². The molecular weight excluding hydrogens is 276 g/mol. The van der Waals surface area contributed by atoms with Gasteiger partial charge in [0.1, 0.15) is 23.1 Å². The Balaban J connectivity index is 1.92. The van der Waals surface area contributed by atoms with Crippen LogP contribution in [-0.2, 0) is 11.3 Å². The normalized spacial score (nSPS) is 10.6. The van der Waals surface area contributed by atoms with Crippen LogP contribution in [0.4, 0.5) is 8.78 Å². The second kappa shape index (κ2) is 7.71. The van der Waals surface area contributed by atoms with E-state index in [9.17, 15) is 8.78 Å². The Morgan fingerprint density at radius 3 is 2.24 bits per heavy atom. The summed E-state index contributed by atoms with van der Waals surface area (Å²) in [6.45, 7) is 2.15. The van der Waals surface area contributed by atoms with Gasteiger partial charge < -0.3 is 14.8 Å². The van der Waals surface area contributed by atoms with Gasteiger partial charge in [-0.1, -0.05) is 12.1 Å². The maximum atomic E-state index is 13.1. The van der Waals surface area contributed by atoms with E-state index < -0.39 is 11.6 Å². The Bertz CT molecular complexity index is 553. The third-order valence-electron chi connectivity index (χ3n) is 2.81. The van der Waals surface area contributed by atoms with Crippen LogP contribution in [0.5, 0.6) is 11.5 Å². The second-order valence-corrected chi connectivity index (χ2v) is 4.52. The highest BCUT2D eigenvalue weighted by atomic mass is 19.1. The average Bonchev–Trinajstić information content (AvgIpc) is 2.44. The highest BCUT2D eigenvalue weighted by molar-refractivity contribution is 5.33. The van der Waals surface area contributed by atoms with Crippen LogP contribution < -0.4 is 10.1 Å². The van der Waals surface area contributed by atoms with E-state index in [0.29, 0.717) is 12.4 Å². The van der Waals surface area contributed by atoms with Gasteiger partial charge in [-0.2, -0.15) is 0 Å². The minimum Gasteiger partial charge on any atom is -0.457 e. The molecule has 0 aromatic heterocycles. The van der Waals surface area contributed by atoms with Crippen molar-refractivity contribution in [2.24, 2.45) is 0 Å². The molecule has 0 aliphatic carbocycles. The van der Waals surface area contributed by atoms with Crippen molar-refractivity contribution in [2.75, 3.05) is 20.3 Å².